The second kappa shape index (κ2) is 12.6. The van der Waals surface area contributed by atoms with Gasteiger partial charge in [0.15, 0.2) is 0 Å². The monoisotopic (exact) mass is 424 g/mol. The van der Waals surface area contributed by atoms with Crippen molar-refractivity contribution in [1.82, 2.24) is 10.6 Å². The Balaban J connectivity index is 2.72. The first-order chi connectivity index (χ1) is 14.2. The van der Waals surface area contributed by atoms with Gasteiger partial charge in [0.1, 0.15) is 12.1 Å². The summed E-state index contributed by atoms with van der Waals surface area (Å²) in [7, 11) is 0. The number of carboxylic acids is 1. The second-order valence-electron chi connectivity index (χ2n) is 7.38. The molecule has 166 valence electrons. The molecule has 0 bridgehead atoms. The van der Waals surface area contributed by atoms with Crippen LogP contribution in [0.2, 0.25) is 0 Å². The average Bonchev–Trinajstić information content (AvgIpc) is 2.70. The zero-order chi connectivity index (χ0) is 22.7. The average molecular weight is 424 g/mol. The van der Waals surface area contributed by atoms with Gasteiger partial charge in [0.2, 0.25) is 11.8 Å². The Bertz CT molecular complexity index is 753. The molecule has 0 heterocycles. The van der Waals surface area contributed by atoms with Crippen LogP contribution in [-0.2, 0) is 37.0 Å². The summed E-state index contributed by atoms with van der Waals surface area (Å²) in [6.07, 6.45) is 0.562. The quantitative estimate of drug-likeness (QED) is 0.472. The summed E-state index contributed by atoms with van der Waals surface area (Å²) < 4.78 is 11.7. The summed E-state index contributed by atoms with van der Waals surface area (Å²) in [5.74, 6) is -3.67. The fourth-order valence-electron chi connectivity index (χ4n) is 2.91. The second-order valence-corrected chi connectivity index (χ2v) is 7.38. The number of carbonyl (C=O) groups excluding carboxylic acids is 3. The van der Waals surface area contributed by atoms with E-state index < -0.39 is 29.9 Å². The van der Waals surface area contributed by atoms with Crippen LogP contribution in [0.15, 0.2) is 24.3 Å². The molecule has 8 nitrogen and oxygen atoms in total. The molecule has 1 aromatic rings. The SMILES string of the molecule is CCc1cccc(CC(=O)N[C@H](C(=O)N[C@H](CCCC(=O)OF)C(=O)O)C(C)C)c1. The van der Waals surface area contributed by atoms with Crippen molar-refractivity contribution in [2.75, 3.05) is 0 Å². The fraction of sp³-hybridized carbons (Fsp3) is 0.524. The maximum atomic E-state index is 12.6. The highest BCUT2D eigenvalue weighted by atomic mass is 19.3. The fourth-order valence-corrected chi connectivity index (χ4v) is 2.91. The largest absolute Gasteiger partial charge is 0.480 e. The lowest BCUT2D eigenvalue weighted by Gasteiger charge is -2.24. The third-order valence-electron chi connectivity index (χ3n) is 4.60. The predicted molar refractivity (Wildman–Crippen MR) is 107 cm³/mol. The number of carboxylic acid groups (broad SMARTS) is 1. The van der Waals surface area contributed by atoms with Crippen molar-refractivity contribution in [3.63, 3.8) is 0 Å². The molecule has 0 aliphatic heterocycles. The molecule has 0 spiro atoms. The van der Waals surface area contributed by atoms with Gasteiger partial charge < -0.3 is 15.7 Å². The number of halogens is 1. The zero-order valence-electron chi connectivity index (χ0n) is 17.4. The van der Waals surface area contributed by atoms with Crippen LogP contribution in [0.3, 0.4) is 0 Å². The summed E-state index contributed by atoms with van der Waals surface area (Å²) in [6.45, 7) is 5.47. The van der Waals surface area contributed by atoms with E-state index in [1.807, 2.05) is 31.2 Å². The molecule has 0 fully saturated rings. The van der Waals surface area contributed by atoms with E-state index >= 15 is 0 Å². The minimum Gasteiger partial charge on any atom is -0.480 e. The van der Waals surface area contributed by atoms with Gasteiger partial charge in [-0.15, -0.1) is 0 Å². The van der Waals surface area contributed by atoms with Crippen LogP contribution in [0.4, 0.5) is 4.53 Å². The number of nitrogens with one attached hydrogen (secondary N) is 2. The van der Waals surface area contributed by atoms with Crippen LogP contribution in [-0.4, -0.2) is 40.9 Å². The van der Waals surface area contributed by atoms with E-state index in [0.717, 1.165) is 17.5 Å². The van der Waals surface area contributed by atoms with E-state index in [0.29, 0.717) is 0 Å². The number of carbonyl (C=O) groups is 4. The van der Waals surface area contributed by atoms with E-state index in [2.05, 4.69) is 15.6 Å². The number of amides is 2. The Morgan fingerprint density at radius 3 is 2.37 bits per heavy atom. The van der Waals surface area contributed by atoms with E-state index in [9.17, 15) is 28.8 Å². The smallest absolute Gasteiger partial charge is 0.348 e. The lowest BCUT2D eigenvalue weighted by molar-refractivity contribution is -0.183. The summed E-state index contributed by atoms with van der Waals surface area (Å²) in [5, 5.41) is 14.3. The number of aryl methyl sites for hydroxylation is 1. The Hall–Kier alpha value is -2.97. The summed E-state index contributed by atoms with van der Waals surface area (Å²) in [5.41, 5.74) is 1.91. The molecule has 30 heavy (non-hydrogen) atoms. The van der Waals surface area contributed by atoms with Gasteiger partial charge in [0, 0.05) is 10.9 Å². The normalized spacial score (nSPS) is 12.7. The number of benzene rings is 1. The van der Waals surface area contributed by atoms with E-state index in [1.54, 1.807) is 13.8 Å². The molecule has 0 aliphatic rings. The highest BCUT2D eigenvalue weighted by molar-refractivity contribution is 5.91. The Labute approximate surface area is 175 Å². The van der Waals surface area contributed by atoms with Crippen molar-refractivity contribution < 1.29 is 33.8 Å². The predicted octanol–water partition coefficient (Wildman–Crippen LogP) is 2.10. The molecule has 0 unspecified atom stereocenters. The van der Waals surface area contributed by atoms with Crippen molar-refractivity contribution in [3.05, 3.63) is 35.4 Å². The van der Waals surface area contributed by atoms with Crippen LogP contribution in [0, 0.1) is 5.92 Å². The Kier molecular flexibility index (Phi) is 10.5. The molecule has 1 aromatic carbocycles. The molecule has 1 rings (SSSR count). The topological polar surface area (TPSA) is 122 Å². The summed E-state index contributed by atoms with van der Waals surface area (Å²) >= 11 is 0. The molecule has 2 atom stereocenters. The first-order valence-corrected chi connectivity index (χ1v) is 9.89. The van der Waals surface area contributed by atoms with E-state index in [1.165, 1.54) is 0 Å². The van der Waals surface area contributed by atoms with Crippen LogP contribution in [0.1, 0.15) is 51.2 Å². The van der Waals surface area contributed by atoms with Gasteiger partial charge in [0.05, 0.1) is 6.42 Å². The first kappa shape index (κ1) is 25.1. The van der Waals surface area contributed by atoms with Gasteiger partial charge >= 0.3 is 11.9 Å². The van der Waals surface area contributed by atoms with Crippen molar-refractivity contribution in [2.24, 2.45) is 5.92 Å². The molecule has 9 heteroatoms. The van der Waals surface area contributed by atoms with Gasteiger partial charge in [0.25, 0.3) is 0 Å². The molecule has 0 aromatic heterocycles. The van der Waals surface area contributed by atoms with Gasteiger partial charge in [-0.05, 0) is 36.3 Å². The van der Waals surface area contributed by atoms with Crippen LogP contribution < -0.4 is 10.6 Å². The first-order valence-electron chi connectivity index (χ1n) is 9.89. The zero-order valence-corrected chi connectivity index (χ0v) is 17.4. The number of hydrogen-bond acceptors (Lipinski definition) is 5. The van der Waals surface area contributed by atoms with Crippen molar-refractivity contribution >= 4 is 23.8 Å². The minimum atomic E-state index is -1.29. The third kappa shape index (κ3) is 8.59. The molecule has 3 N–H and O–H groups in total. The highest BCUT2D eigenvalue weighted by Gasteiger charge is 2.28. The highest BCUT2D eigenvalue weighted by Crippen LogP contribution is 2.09. The Morgan fingerprint density at radius 2 is 1.80 bits per heavy atom. The third-order valence-corrected chi connectivity index (χ3v) is 4.60. The van der Waals surface area contributed by atoms with Gasteiger partial charge in [-0.1, -0.05) is 45.0 Å². The van der Waals surface area contributed by atoms with Crippen LogP contribution in [0.25, 0.3) is 0 Å². The minimum absolute atomic E-state index is 0.0203. The molecule has 2 amide bonds. The number of aliphatic carboxylic acids is 1. The van der Waals surface area contributed by atoms with E-state index in [-0.39, 0.29) is 37.5 Å². The summed E-state index contributed by atoms with van der Waals surface area (Å²) in [6, 6.07) is 5.38. The van der Waals surface area contributed by atoms with Crippen LogP contribution in [0.5, 0.6) is 0 Å². The molecule has 0 saturated carbocycles. The summed E-state index contributed by atoms with van der Waals surface area (Å²) in [4.78, 5) is 50.3. The van der Waals surface area contributed by atoms with Gasteiger partial charge in [-0.2, -0.15) is 0 Å². The lowest BCUT2D eigenvalue weighted by Crippen LogP contribution is -2.54. The lowest BCUT2D eigenvalue weighted by atomic mass is 10.0. The van der Waals surface area contributed by atoms with Crippen molar-refractivity contribution in [2.45, 2.75) is 65.0 Å². The maximum absolute atomic E-state index is 12.6. The molecule has 0 radical (unpaired) electrons. The molecular formula is C21H29FN2O6. The van der Waals surface area contributed by atoms with Crippen molar-refractivity contribution in [3.8, 4) is 0 Å². The molecule has 0 aliphatic carbocycles. The molecule has 0 saturated heterocycles. The van der Waals surface area contributed by atoms with Crippen molar-refractivity contribution in [1.29, 1.82) is 0 Å². The van der Waals surface area contributed by atoms with Gasteiger partial charge in [-0.3, -0.25) is 14.5 Å². The van der Waals surface area contributed by atoms with Crippen LogP contribution >= 0.6 is 0 Å². The standard InChI is InChI=1S/C21H29FN2O6/c1-4-14-7-5-8-15(11-14)12-17(25)24-19(13(2)3)20(27)23-16(21(28)29)9-6-10-18(26)30-22/h5,7-8,11,13,16,19H,4,6,9-10,12H2,1-3H3,(H,23,27)(H,24,25)(H,28,29)/t16-,19+/m1/s1. The molecular weight excluding hydrogens is 395 g/mol. The number of hydrogen-bond donors (Lipinski definition) is 3. The Morgan fingerprint density at radius 1 is 1.13 bits per heavy atom. The van der Waals surface area contributed by atoms with Gasteiger partial charge in [-0.25, -0.2) is 9.59 Å². The van der Waals surface area contributed by atoms with E-state index in [4.69, 9.17) is 0 Å². The number of rotatable bonds is 12. The maximum Gasteiger partial charge on any atom is 0.348 e.